The fourth-order valence-corrected chi connectivity index (χ4v) is 8.39. The van der Waals surface area contributed by atoms with Crippen LogP contribution in [0.1, 0.15) is 78.6 Å². The number of carbonyl (C=O) groups is 3. The van der Waals surface area contributed by atoms with Crippen LogP contribution in [-0.2, 0) is 19.2 Å². The smallest absolute Gasteiger partial charge is 0.328 e. The molecule has 1 heterocycles. The van der Waals surface area contributed by atoms with Crippen molar-refractivity contribution in [2.45, 2.75) is 84.7 Å². The number of aliphatic carboxylic acids is 2. The minimum atomic E-state index is -1.26. The van der Waals surface area contributed by atoms with Crippen molar-refractivity contribution < 1.29 is 29.4 Å². The van der Waals surface area contributed by atoms with Crippen LogP contribution in [0, 0.1) is 40.4 Å². The summed E-state index contributed by atoms with van der Waals surface area (Å²) in [5, 5.41) is 23.6. The molecule has 1 aliphatic heterocycles. The van der Waals surface area contributed by atoms with E-state index in [0.29, 0.717) is 29.3 Å². The van der Waals surface area contributed by atoms with E-state index in [0.717, 1.165) is 75.3 Å². The third-order valence-electron chi connectivity index (χ3n) is 10.3. The molecular weight excluding hydrogens is 460 g/mol. The highest BCUT2D eigenvalue weighted by Crippen LogP contribution is 2.66. The van der Waals surface area contributed by atoms with E-state index >= 15 is 0 Å². The van der Waals surface area contributed by atoms with E-state index in [4.69, 9.17) is 15.1 Å². The number of hydrogen-bond donors (Lipinski definition) is 3. The van der Waals surface area contributed by atoms with Crippen LogP contribution < -0.4 is 5.32 Å². The molecule has 5 fully saturated rings. The Kier molecular flexibility index (Phi) is 7.93. The molecule has 4 saturated carbocycles. The fraction of sp³-hybridized carbons (Fsp3) is 0.786. The summed E-state index contributed by atoms with van der Waals surface area (Å²) in [5.41, 5.74) is 1.72. The number of Topliss-reactive ketones (excluding diaryl/α,β-unsaturated/α-hetero) is 1. The summed E-state index contributed by atoms with van der Waals surface area (Å²) >= 11 is 0. The number of fused-ring (bicyclic) bond motifs is 5. The van der Waals surface area contributed by atoms with Gasteiger partial charge in [-0.3, -0.25) is 4.79 Å². The molecule has 0 aromatic heterocycles. The molecular formula is C28H42N2O6. The number of rotatable bonds is 4. The average molecular weight is 503 g/mol. The number of ketones is 1. The molecule has 8 heteroatoms. The number of nitrogens with one attached hydrogen (secondary N) is 1. The van der Waals surface area contributed by atoms with Gasteiger partial charge in [-0.25, -0.2) is 9.59 Å². The van der Waals surface area contributed by atoms with Gasteiger partial charge in [0.25, 0.3) is 0 Å². The molecule has 3 N–H and O–H groups in total. The van der Waals surface area contributed by atoms with E-state index < -0.39 is 11.9 Å². The number of carboxylic acids is 2. The van der Waals surface area contributed by atoms with Gasteiger partial charge >= 0.3 is 11.9 Å². The minimum absolute atomic E-state index is 0.00543. The van der Waals surface area contributed by atoms with Crippen LogP contribution in [0.25, 0.3) is 0 Å². The third kappa shape index (κ3) is 5.24. The third-order valence-corrected chi connectivity index (χ3v) is 10.3. The molecule has 0 aromatic rings. The van der Waals surface area contributed by atoms with Crippen molar-refractivity contribution in [2.24, 2.45) is 45.6 Å². The Bertz CT molecular complexity index is 909. The predicted octanol–water partition coefficient (Wildman–Crippen LogP) is 4.29. The SMILES string of the molecule is C[C@H]1C[C@@H]2[C@H](CC[C@]3(C)C(=O)CC[C@@H]23)[C@@]2(C)CCC(=NO[C@@H]3CCNC3)CC12.O=C(O)/C=C/C(=O)O. The monoisotopic (exact) mass is 502 g/mol. The molecule has 8 atom stereocenters. The molecule has 0 amide bonds. The van der Waals surface area contributed by atoms with Crippen molar-refractivity contribution in [3.8, 4) is 0 Å². The summed E-state index contributed by atoms with van der Waals surface area (Å²) in [4.78, 5) is 37.6. The molecule has 0 aromatic carbocycles. The minimum Gasteiger partial charge on any atom is -0.478 e. The highest BCUT2D eigenvalue weighted by molar-refractivity contribution is 5.89. The normalized spacial score (nSPS) is 42.8. The summed E-state index contributed by atoms with van der Waals surface area (Å²) in [7, 11) is 0. The van der Waals surface area contributed by atoms with Crippen LogP contribution in [-0.4, -0.2) is 52.8 Å². The van der Waals surface area contributed by atoms with Gasteiger partial charge < -0.3 is 20.4 Å². The second-order valence-corrected chi connectivity index (χ2v) is 12.2. The van der Waals surface area contributed by atoms with E-state index in [1.165, 1.54) is 25.0 Å². The molecule has 4 aliphatic carbocycles. The Hall–Kier alpha value is -2.22. The Labute approximate surface area is 213 Å². The second kappa shape index (κ2) is 10.6. The molecule has 36 heavy (non-hydrogen) atoms. The van der Waals surface area contributed by atoms with Gasteiger partial charge in [0.1, 0.15) is 11.9 Å². The first-order chi connectivity index (χ1) is 17.0. The Balaban J connectivity index is 0.000000331. The quantitative estimate of drug-likeness (QED) is 0.387. The maximum absolute atomic E-state index is 12.6. The Morgan fingerprint density at radius 2 is 1.75 bits per heavy atom. The van der Waals surface area contributed by atoms with Crippen molar-refractivity contribution >= 4 is 23.4 Å². The number of hydrogen-bond acceptors (Lipinski definition) is 6. The summed E-state index contributed by atoms with van der Waals surface area (Å²) < 4.78 is 0. The van der Waals surface area contributed by atoms with Gasteiger partial charge in [-0.05, 0) is 86.5 Å². The Morgan fingerprint density at radius 3 is 2.39 bits per heavy atom. The summed E-state index contributed by atoms with van der Waals surface area (Å²) in [6.45, 7) is 9.36. The molecule has 200 valence electrons. The van der Waals surface area contributed by atoms with Gasteiger partial charge in [-0.2, -0.15) is 0 Å². The zero-order valence-corrected chi connectivity index (χ0v) is 21.9. The van der Waals surface area contributed by atoms with Gasteiger partial charge in [0, 0.05) is 37.0 Å². The van der Waals surface area contributed by atoms with Gasteiger partial charge in [0.2, 0.25) is 0 Å². The number of carbonyl (C=O) groups excluding carboxylic acids is 1. The summed E-state index contributed by atoms with van der Waals surface area (Å²) in [5.74, 6) is 1.72. The standard InChI is InChI=1S/C24H38N2O2.C4H4O4/c1-15-12-18-19-4-5-22(27)24(19,3)10-7-20(18)23(2)9-6-16(13-21(15)23)26-28-17-8-11-25-14-17;5-3(6)1-2-4(7)8/h15,17-21,25H,4-14H2,1-3H3;1-2H,(H,5,6)(H,7,8)/b;2-1+/t15-,17+,18-,19-,20-,21?,23+,24-;/m0./s1. The summed E-state index contributed by atoms with van der Waals surface area (Å²) in [6, 6.07) is 0. The van der Waals surface area contributed by atoms with Crippen molar-refractivity contribution in [1.29, 1.82) is 0 Å². The molecule has 0 spiro atoms. The van der Waals surface area contributed by atoms with Gasteiger partial charge in [-0.1, -0.05) is 25.9 Å². The maximum Gasteiger partial charge on any atom is 0.328 e. The number of carboxylic acid groups (broad SMARTS) is 2. The van der Waals surface area contributed by atoms with Gasteiger partial charge in [-0.15, -0.1) is 0 Å². The lowest BCUT2D eigenvalue weighted by molar-refractivity contribution is -0.141. The van der Waals surface area contributed by atoms with Crippen LogP contribution in [0.5, 0.6) is 0 Å². The summed E-state index contributed by atoms with van der Waals surface area (Å²) in [6.07, 6.45) is 11.7. The molecule has 0 radical (unpaired) electrons. The first-order valence-corrected chi connectivity index (χ1v) is 13.6. The van der Waals surface area contributed by atoms with Crippen molar-refractivity contribution in [1.82, 2.24) is 5.32 Å². The highest BCUT2D eigenvalue weighted by atomic mass is 16.6. The van der Waals surface area contributed by atoms with Crippen molar-refractivity contribution in [2.75, 3.05) is 13.1 Å². The maximum atomic E-state index is 12.6. The van der Waals surface area contributed by atoms with E-state index in [2.05, 4.69) is 31.2 Å². The molecule has 5 rings (SSSR count). The van der Waals surface area contributed by atoms with E-state index in [9.17, 15) is 14.4 Å². The zero-order valence-electron chi connectivity index (χ0n) is 21.9. The van der Waals surface area contributed by atoms with Crippen LogP contribution in [0.2, 0.25) is 0 Å². The van der Waals surface area contributed by atoms with E-state index in [-0.39, 0.29) is 11.5 Å². The van der Waals surface area contributed by atoms with Crippen LogP contribution in [0.4, 0.5) is 0 Å². The molecule has 5 aliphatic rings. The first-order valence-electron chi connectivity index (χ1n) is 13.6. The predicted molar refractivity (Wildman–Crippen MR) is 135 cm³/mol. The van der Waals surface area contributed by atoms with Crippen LogP contribution in [0.15, 0.2) is 17.3 Å². The second-order valence-electron chi connectivity index (χ2n) is 12.2. The first kappa shape index (κ1) is 26.8. The largest absolute Gasteiger partial charge is 0.478 e. The van der Waals surface area contributed by atoms with E-state index in [1.807, 2.05) is 0 Å². The lowest BCUT2D eigenvalue weighted by Crippen LogP contribution is -2.56. The number of nitrogens with zero attached hydrogens (tertiary/aromatic N) is 1. The van der Waals surface area contributed by atoms with Crippen LogP contribution in [0.3, 0.4) is 0 Å². The van der Waals surface area contributed by atoms with Gasteiger partial charge in [0.05, 0.1) is 5.71 Å². The molecule has 8 nitrogen and oxygen atoms in total. The molecule has 1 unspecified atom stereocenters. The number of oxime groups is 1. The lowest BCUT2D eigenvalue weighted by Gasteiger charge is -2.61. The van der Waals surface area contributed by atoms with Crippen molar-refractivity contribution in [3.05, 3.63) is 12.2 Å². The topological polar surface area (TPSA) is 125 Å². The molecule has 1 saturated heterocycles. The average Bonchev–Trinajstić information content (AvgIpc) is 3.45. The molecule has 0 bridgehead atoms. The lowest BCUT2D eigenvalue weighted by atomic mass is 9.43. The zero-order chi connectivity index (χ0) is 26.1. The fourth-order valence-electron chi connectivity index (χ4n) is 8.39. The van der Waals surface area contributed by atoms with Crippen molar-refractivity contribution in [3.63, 3.8) is 0 Å². The Morgan fingerprint density at radius 1 is 1.03 bits per heavy atom. The highest BCUT2D eigenvalue weighted by Gasteiger charge is 2.61. The van der Waals surface area contributed by atoms with Gasteiger partial charge in [0.15, 0.2) is 0 Å². The van der Waals surface area contributed by atoms with E-state index in [1.54, 1.807) is 0 Å². The van der Waals surface area contributed by atoms with Crippen LogP contribution >= 0.6 is 0 Å².